The zero-order valence-electron chi connectivity index (χ0n) is 14.4. The maximum absolute atomic E-state index is 12.1. The standard InChI is InChI=1S/C17H25N3O4/c1-4-19(5-2)17(22)18-10-15-11-20(16(21)12-24-15)13-7-6-8-14(9-13)23-3/h6-9,15H,4-5,10-12H2,1-3H3,(H,18,22). The lowest BCUT2D eigenvalue weighted by Crippen LogP contribution is -2.52. The quantitative estimate of drug-likeness (QED) is 0.855. The van der Waals surface area contributed by atoms with Crippen LogP contribution < -0.4 is 15.0 Å². The van der Waals surface area contributed by atoms with Gasteiger partial charge >= 0.3 is 6.03 Å². The number of rotatable bonds is 6. The van der Waals surface area contributed by atoms with Crippen molar-refractivity contribution < 1.29 is 19.1 Å². The average Bonchev–Trinajstić information content (AvgIpc) is 2.62. The molecule has 1 aliphatic heterocycles. The Morgan fingerprint density at radius 3 is 2.83 bits per heavy atom. The lowest BCUT2D eigenvalue weighted by atomic mass is 10.2. The monoisotopic (exact) mass is 335 g/mol. The molecule has 1 N–H and O–H groups in total. The molecule has 0 spiro atoms. The summed E-state index contributed by atoms with van der Waals surface area (Å²) in [7, 11) is 1.59. The van der Waals surface area contributed by atoms with Gasteiger partial charge in [0.1, 0.15) is 12.4 Å². The van der Waals surface area contributed by atoms with Gasteiger partial charge in [0.25, 0.3) is 5.91 Å². The first-order valence-electron chi connectivity index (χ1n) is 8.17. The molecular weight excluding hydrogens is 310 g/mol. The number of nitrogens with zero attached hydrogens (tertiary/aromatic N) is 2. The third-order valence-corrected chi connectivity index (χ3v) is 4.03. The fraction of sp³-hybridized carbons (Fsp3) is 0.529. The van der Waals surface area contributed by atoms with Gasteiger partial charge in [-0.2, -0.15) is 0 Å². The number of carbonyl (C=O) groups is 2. The summed E-state index contributed by atoms with van der Waals surface area (Å²) in [5.74, 6) is 0.591. The van der Waals surface area contributed by atoms with Crippen LogP contribution in [0.1, 0.15) is 13.8 Å². The van der Waals surface area contributed by atoms with E-state index in [1.165, 1.54) is 0 Å². The van der Waals surface area contributed by atoms with Gasteiger partial charge < -0.3 is 24.6 Å². The minimum absolute atomic E-state index is 0.00299. The Labute approximate surface area is 142 Å². The molecule has 1 atom stereocenters. The van der Waals surface area contributed by atoms with Crippen molar-refractivity contribution in [1.82, 2.24) is 10.2 Å². The second-order valence-corrected chi connectivity index (χ2v) is 5.50. The van der Waals surface area contributed by atoms with Crippen LogP contribution in [-0.4, -0.2) is 62.8 Å². The largest absolute Gasteiger partial charge is 0.497 e. The van der Waals surface area contributed by atoms with E-state index in [4.69, 9.17) is 9.47 Å². The number of hydrogen-bond acceptors (Lipinski definition) is 4. The number of urea groups is 1. The van der Waals surface area contributed by atoms with Crippen LogP contribution in [0.3, 0.4) is 0 Å². The van der Waals surface area contributed by atoms with E-state index in [1.54, 1.807) is 16.9 Å². The van der Waals surface area contributed by atoms with E-state index in [1.807, 2.05) is 38.1 Å². The zero-order chi connectivity index (χ0) is 17.5. The summed E-state index contributed by atoms with van der Waals surface area (Å²) >= 11 is 0. The second-order valence-electron chi connectivity index (χ2n) is 5.50. The third-order valence-electron chi connectivity index (χ3n) is 4.03. The van der Waals surface area contributed by atoms with Crippen LogP contribution in [0.4, 0.5) is 10.5 Å². The van der Waals surface area contributed by atoms with Gasteiger partial charge in [0.15, 0.2) is 0 Å². The molecule has 1 aliphatic rings. The van der Waals surface area contributed by atoms with Crippen molar-refractivity contribution in [2.75, 3.05) is 44.8 Å². The molecule has 2 rings (SSSR count). The maximum Gasteiger partial charge on any atom is 0.317 e. The minimum Gasteiger partial charge on any atom is -0.497 e. The molecule has 1 aromatic carbocycles. The SMILES string of the molecule is CCN(CC)C(=O)NCC1CN(c2cccc(OC)c2)C(=O)CO1. The Hall–Kier alpha value is -2.28. The summed E-state index contributed by atoms with van der Waals surface area (Å²) in [5, 5.41) is 2.86. The molecule has 1 fully saturated rings. The smallest absolute Gasteiger partial charge is 0.317 e. The van der Waals surface area contributed by atoms with Crippen molar-refractivity contribution in [3.8, 4) is 5.75 Å². The molecule has 132 valence electrons. The van der Waals surface area contributed by atoms with Crippen molar-refractivity contribution in [2.24, 2.45) is 0 Å². The van der Waals surface area contributed by atoms with Crippen LogP contribution in [0.25, 0.3) is 0 Å². The molecule has 1 aromatic rings. The molecule has 0 bridgehead atoms. The van der Waals surface area contributed by atoms with Gasteiger partial charge in [-0.15, -0.1) is 0 Å². The summed E-state index contributed by atoms with van der Waals surface area (Å²) in [6, 6.07) is 7.23. The van der Waals surface area contributed by atoms with Gasteiger partial charge in [0.2, 0.25) is 0 Å². The number of anilines is 1. The van der Waals surface area contributed by atoms with E-state index in [-0.39, 0.29) is 24.6 Å². The lowest BCUT2D eigenvalue weighted by Gasteiger charge is -2.33. The van der Waals surface area contributed by atoms with Crippen molar-refractivity contribution in [2.45, 2.75) is 20.0 Å². The number of benzene rings is 1. The van der Waals surface area contributed by atoms with Crippen molar-refractivity contribution in [1.29, 1.82) is 0 Å². The summed E-state index contributed by atoms with van der Waals surface area (Å²) in [4.78, 5) is 27.5. The van der Waals surface area contributed by atoms with Gasteiger partial charge in [-0.3, -0.25) is 4.79 Å². The fourth-order valence-electron chi connectivity index (χ4n) is 2.60. The normalized spacial score (nSPS) is 17.5. The third kappa shape index (κ3) is 4.38. The van der Waals surface area contributed by atoms with Crippen LogP contribution in [0.15, 0.2) is 24.3 Å². The van der Waals surface area contributed by atoms with Crippen molar-refractivity contribution in [3.63, 3.8) is 0 Å². The van der Waals surface area contributed by atoms with Crippen LogP contribution >= 0.6 is 0 Å². The Morgan fingerprint density at radius 1 is 1.42 bits per heavy atom. The number of carbonyl (C=O) groups excluding carboxylic acids is 2. The van der Waals surface area contributed by atoms with Gasteiger partial charge in [-0.05, 0) is 26.0 Å². The Morgan fingerprint density at radius 2 is 2.17 bits per heavy atom. The summed E-state index contributed by atoms with van der Waals surface area (Å²) < 4.78 is 10.7. The molecule has 24 heavy (non-hydrogen) atoms. The number of hydrogen-bond donors (Lipinski definition) is 1. The highest BCUT2D eigenvalue weighted by Gasteiger charge is 2.28. The first kappa shape index (κ1) is 18.1. The first-order valence-corrected chi connectivity index (χ1v) is 8.17. The Bertz CT molecular complexity index is 575. The highest BCUT2D eigenvalue weighted by molar-refractivity contribution is 5.95. The average molecular weight is 335 g/mol. The molecule has 0 radical (unpaired) electrons. The molecule has 1 unspecified atom stereocenters. The van der Waals surface area contributed by atoms with Crippen molar-refractivity contribution >= 4 is 17.6 Å². The molecular formula is C17H25N3O4. The highest BCUT2D eigenvalue weighted by Crippen LogP contribution is 2.23. The second kappa shape index (κ2) is 8.54. The molecule has 0 saturated carbocycles. The predicted molar refractivity (Wildman–Crippen MR) is 91.4 cm³/mol. The van der Waals surface area contributed by atoms with E-state index in [0.717, 1.165) is 5.69 Å². The van der Waals surface area contributed by atoms with Crippen LogP contribution in [0.2, 0.25) is 0 Å². The van der Waals surface area contributed by atoms with Crippen LogP contribution in [-0.2, 0) is 9.53 Å². The number of methoxy groups -OCH3 is 1. The number of amides is 3. The summed E-state index contributed by atoms with van der Waals surface area (Å²) in [6.07, 6.45) is -0.242. The van der Waals surface area contributed by atoms with Crippen LogP contribution in [0.5, 0.6) is 5.75 Å². The van der Waals surface area contributed by atoms with E-state index < -0.39 is 0 Å². The Balaban J connectivity index is 1.97. The van der Waals surface area contributed by atoms with E-state index >= 15 is 0 Å². The predicted octanol–water partition coefficient (Wildman–Crippen LogP) is 1.48. The fourth-order valence-corrected chi connectivity index (χ4v) is 2.60. The minimum atomic E-state index is -0.242. The van der Waals surface area contributed by atoms with Gasteiger partial charge in [-0.1, -0.05) is 6.07 Å². The highest BCUT2D eigenvalue weighted by atomic mass is 16.5. The van der Waals surface area contributed by atoms with Gasteiger partial charge in [0, 0.05) is 31.4 Å². The molecule has 1 saturated heterocycles. The number of nitrogens with one attached hydrogen (secondary N) is 1. The Kier molecular flexibility index (Phi) is 6.43. The topological polar surface area (TPSA) is 71.1 Å². The van der Waals surface area contributed by atoms with E-state index in [0.29, 0.717) is 31.9 Å². The number of ether oxygens (including phenoxy) is 2. The maximum atomic E-state index is 12.1. The first-order chi connectivity index (χ1) is 11.6. The molecule has 7 heteroatoms. The van der Waals surface area contributed by atoms with Gasteiger partial charge in [0.05, 0.1) is 19.8 Å². The molecule has 0 aliphatic carbocycles. The van der Waals surface area contributed by atoms with E-state index in [9.17, 15) is 9.59 Å². The van der Waals surface area contributed by atoms with Crippen molar-refractivity contribution in [3.05, 3.63) is 24.3 Å². The molecule has 0 aromatic heterocycles. The molecule has 3 amide bonds. The van der Waals surface area contributed by atoms with Gasteiger partial charge in [-0.25, -0.2) is 4.79 Å². The molecule has 1 heterocycles. The number of morpholine rings is 1. The van der Waals surface area contributed by atoms with E-state index in [2.05, 4.69) is 5.32 Å². The summed E-state index contributed by atoms with van der Waals surface area (Å²) in [5.41, 5.74) is 0.766. The zero-order valence-corrected chi connectivity index (χ0v) is 14.4. The van der Waals surface area contributed by atoms with Crippen LogP contribution in [0, 0.1) is 0 Å². The molecule has 7 nitrogen and oxygen atoms in total. The lowest BCUT2D eigenvalue weighted by molar-refractivity contribution is -0.129. The summed E-state index contributed by atoms with van der Waals surface area (Å²) in [6.45, 7) is 5.94.